The quantitative estimate of drug-likeness (QED) is 0.456. The van der Waals surface area contributed by atoms with E-state index in [9.17, 15) is 4.79 Å². The summed E-state index contributed by atoms with van der Waals surface area (Å²) in [7, 11) is 1.65. The minimum absolute atomic E-state index is 0.206. The Morgan fingerprint density at radius 2 is 2.00 bits per heavy atom. The predicted octanol–water partition coefficient (Wildman–Crippen LogP) is 5.33. The van der Waals surface area contributed by atoms with Crippen LogP contribution in [-0.4, -0.2) is 39.6 Å². The Morgan fingerprint density at radius 1 is 1.23 bits per heavy atom. The number of halogens is 2. The van der Waals surface area contributed by atoms with E-state index in [4.69, 9.17) is 27.9 Å². The normalized spacial score (nSPS) is 12.0. The highest BCUT2D eigenvalue weighted by Gasteiger charge is 2.22. The lowest BCUT2D eigenvalue weighted by atomic mass is 10.1. The van der Waals surface area contributed by atoms with E-state index in [2.05, 4.69) is 21.6 Å². The monoisotopic (exact) mass is 464 g/mol. The molecule has 158 valence electrons. The molecular formula is C21H22Cl2N4O2S. The molecule has 0 aliphatic rings. The van der Waals surface area contributed by atoms with Crippen molar-refractivity contribution in [2.24, 2.45) is 0 Å². The number of carbonyl (C=O) groups excluding carboxylic acids is 1. The number of thioether (sulfide) groups is 1. The van der Waals surface area contributed by atoms with Crippen molar-refractivity contribution in [3.8, 4) is 11.4 Å². The van der Waals surface area contributed by atoms with Crippen molar-refractivity contribution in [3.63, 3.8) is 0 Å². The zero-order valence-electron chi connectivity index (χ0n) is 16.9. The fourth-order valence-electron chi connectivity index (χ4n) is 2.80. The van der Waals surface area contributed by atoms with Gasteiger partial charge in [0.15, 0.2) is 11.0 Å². The molecule has 0 bridgehead atoms. The molecule has 0 saturated carbocycles. The maximum absolute atomic E-state index is 12.7. The van der Waals surface area contributed by atoms with Gasteiger partial charge in [0.25, 0.3) is 0 Å². The second kappa shape index (κ2) is 10.3. The number of nitrogens with one attached hydrogen (secondary N) is 1. The summed E-state index contributed by atoms with van der Waals surface area (Å²) in [5.41, 5.74) is 2.57. The van der Waals surface area contributed by atoms with Crippen molar-refractivity contribution >= 4 is 46.6 Å². The Balaban J connectivity index is 1.81. The summed E-state index contributed by atoms with van der Waals surface area (Å²) in [5.74, 6) is 0.534. The molecule has 0 aliphatic heterocycles. The van der Waals surface area contributed by atoms with Gasteiger partial charge in [-0.15, -0.1) is 10.2 Å². The second-order valence-electron chi connectivity index (χ2n) is 6.67. The predicted molar refractivity (Wildman–Crippen MR) is 122 cm³/mol. The highest BCUT2D eigenvalue weighted by molar-refractivity contribution is 8.00. The zero-order chi connectivity index (χ0) is 21.7. The third-order valence-electron chi connectivity index (χ3n) is 4.37. The van der Waals surface area contributed by atoms with E-state index in [0.717, 1.165) is 17.0 Å². The van der Waals surface area contributed by atoms with Crippen LogP contribution in [0.25, 0.3) is 11.4 Å². The molecule has 30 heavy (non-hydrogen) atoms. The third-order valence-corrected chi connectivity index (χ3v) is 6.27. The number of hydrogen-bond acceptors (Lipinski definition) is 5. The number of nitrogens with zero attached hydrogens (tertiary/aromatic N) is 3. The number of hydrogen-bond donors (Lipinski definition) is 1. The maximum atomic E-state index is 12.7. The first-order valence-corrected chi connectivity index (χ1v) is 10.9. The zero-order valence-corrected chi connectivity index (χ0v) is 19.2. The van der Waals surface area contributed by atoms with Crippen LogP contribution in [0.1, 0.15) is 12.5 Å². The molecule has 3 aromatic rings. The molecule has 0 spiro atoms. The molecule has 3 rings (SSSR count). The van der Waals surface area contributed by atoms with Crippen LogP contribution in [0, 0.1) is 6.92 Å². The molecule has 0 radical (unpaired) electrons. The van der Waals surface area contributed by atoms with E-state index in [1.807, 2.05) is 29.7 Å². The molecule has 6 nitrogen and oxygen atoms in total. The molecule has 0 unspecified atom stereocenters. The number of methoxy groups -OCH3 is 1. The molecule has 1 heterocycles. The highest BCUT2D eigenvalue weighted by atomic mass is 35.5. The van der Waals surface area contributed by atoms with Crippen molar-refractivity contribution in [1.29, 1.82) is 0 Å². The van der Waals surface area contributed by atoms with E-state index < -0.39 is 5.25 Å². The number of aromatic nitrogens is 3. The maximum Gasteiger partial charge on any atom is 0.237 e. The molecule has 1 atom stereocenters. The van der Waals surface area contributed by atoms with Gasteiger partial charge in [-0.05, 0) is 32.0 Å². The lowest BCUT2D eigenvalue weighted by molar-refractivity contribution is -0.115. The average molecular weight is 465 g/mol. The fraction of sp³-hybridized carbons (Fsp3) is 0.286. The summed E-state index contributed by atoms with van der Waals surface area (Å²) in [4.78, 5) is 12.7. The lowest BCUT2D eigenvalue weighted by Gasteiger charge is -2.14. The van der Waals surface area contributed by atoms with E-state index in [1.54, 1.807) is 32.2 Å². The molecule has 0 saturated heterocycles. The molecule has 1 amide bonds. The molecule has 1 N–H and O–H groups in total. The fourth-order valence-corrected chi connectivity index (χ4v) is 4.03. The number of ether oxygens (including phenoxy) is 1. The number of carbonyl (C=O) groups is 1. The first-order valence-electron chi connectivity index (χ1n) is 9.31. The lowest BCUT2D eigenvalue weighted by Crippen LogP contribution is -2.23. The topological polar surface area (TPSA) is 69.0 Å². The van der Waals surface area contributed by atoms with Crippen molar-refractivity contribution in [3.05, 3.63) is 58.1 Å². The van der Waals surface area contributed by atoms with Crippen molar-refractivity contribution in [1.82, 2.24) is 14.8 Å². The molecule has 9 heteroatoms. The van der Waals surface area contributed by atoms with Gasteiger partial charge in [0.1, 0.15) is 0 Å². The van der Waals surface area contributed by atoms with Gasteiger partial charge in [0.2, 0.25) is 5.91 Å². The minimum Gasteiger partial charge on any atom is -0.383 e. The number of rotatable bonds is 8. The van der Waals surface area contributed by atoms with Gasteiger partial charge in [-0.1, -0.05) is 64.8 Å². The molecule has 2 aromatic carbocycles. The van der Waals surface area contributed by atoms with Crippen LogP contribution in [-0.2, 0) is 16.1 Å². The summed E-state index contributed by atoms with van der Waals surface area (Å²) < 4.78 is 7.22. The van der Waals surface area contributed by atoms with Gasteiger partial charge in [-0.25, -0.2) is 0 Å². The number of benzene rings is 2. The summed E-state index contributed by atoms with van der Waals surface area (Å²) >= 11 is 13.5. The van der Waals surface area contributed by atoms with Gasteiger partial charge in [-0.3, -0.25) is 9.36 Å². The van der Waals surface area contributed by atoms with Crippen LogP contribution in [0.15, 0.2) is 47.6 Å². The van der Waals surface area contributed by atoms with Gasteiger partial charge in [0.05, 0.1) is 34.1 Å². The SMILES string of the molecule is COCCn1c(S[C@H](C)C(=O)Nc2cccc(Cl)c2Cl)nnc1-c1cccc(C)c1. The summed E-state index contributed by atoms with van der Waals surface area (Å²) in [5, 5.41) is 12.4. The number of amides is 1. The van der Waals surface area contributed by atoms with Crippen molar-refractivity contribution in [2.75, 3.05) is 19.0 Å². The summed E-state index contributed by atoms with van der Waals surface area (Å²) in [6, 6.07) is 13.2. The Kier molecular flexibility index (Phi) is 7.77. The van der Waals surface area contributed by atoms with Crippen LogP contribution in [0.2, 0.25) is 10.0 Å². The first-order chi connectivity index (χ1) is 14.4. The summed E-state index contributed by atoms with van der Waals surface area (Å²) in [6.07, 6.45) is 0. The number of anilines is 1. The third kappa shape index (κ3) is 5.35. The van der Waals surface area contributed by atoms with Crippen molar-refractivity contribution < 1.29 is 9.53 Å². The van der Waals surface area contributed by atoms with Crippen molar-refractivity contribution in [2.45, 2.75) is 30.8 Å². The van der Waals surface area contributed by atoms with E-state index in [1.165, 1.54) is 11.8 Å². The largest absolute Gasteiger partial charge is 0.383 e. The summed E-state index contributed by atoms with van der Waals surface area (Å²) in [6.45, 7) is 4.91. The average Bonchev–Trinajstić information content (AvgIpc) is 3.12. The van der Waals surface area contributed by atoms with Crippen LogP contribution >= 0.6 is 35.0 Å². The van der Waals surface area contributed by atoms with E-state index in [0.29, 0.717) is 34.0 Å². The molecular weight excluding hydrogens is 443 g/mol. The standard InChI is InChI=1S/C21H22Cl2N4O2S/c1-13-6-4-7-15(12-13)19-25-26-21(27(19)10-11-29-3)30-14(2)20(28)24-17-9-5-8-16(22)18(17)23/h4-9,12,14H,10-11H2,1-3H3,(H,24,28)/t14-/m1/s1. The van der Waals surface area contributed by atoms with E-state index in [-0.39, 0.29) is 5.91 Å². The Morgan fingerprint density at radius 3 is 2.73 bits per heavy atom. The van der Waals surface area contributed by atoms with Gasteiger partial charge < -0.3 is 10.1 Å². The van der Waals surface area contributed by atoms with Gasteiger partial charge in [-0.2, -0.15) is 0 Å². The Hall–Kier alpha value is -2.06. The number of aryl methyl sites for hydroxylation is 1. The van der Waals surface area contributed by atoms with Gasteiger partial charge in [0, 0.05) is 12.7 Å². The smallest absolute Gasteiger partial charge is 0.237 e. The van der Waals surface area contributed by atoms with Crippen LogP contribution in [0.4, 0.5) is 5.69 Å². The Bertz CT molecular complexity index is 1040. The minimum atomic E-state index is -0.434. The Labute approximate surface area is 189 Å². The first kappa shape index (κ1) is 22.6. The molecule has 1 aromatic heterocycles. The van der Waals surface area contributed by atoms with Crippen LogP contribution in [0.3, 0.4) is 0 Å². The molecule has 0 fully saturated rings. The second-order valence-corrected chi connectivity index (χ2v) is 8.76. The van der Waals surface area contributed by atoms with Crippen LogP contribution < -0.4 is 5.32 Å². The van der Waals surface area contributed by atoms with Gasteiger partial charge >= 0.3 is 0 Å². The van der Waals surface area contributed by atoms with Crippen LogP contribution in [0.5, 0.6) is 0 Å². The highest BCUT2D eigenvalue weighted by Crippen LogP contribution is 2.31. The van der Waals surface area contributed by atoms with E-state index >= 15 is 0 Å². The molecule has 0 aliphatic carbocycles.